The molecule has 1 saturated heterocycles. The molecular formula is C26H32N6O3. The molecular weight excluding hydrogens is 444 g/mol. The smallest absolute Gasteiger partial charge is 0.273 e. The number of rotatable bonds is 11. The van der Waals surface area contributed by atoms with Crippen molar-refractivity contribution in [1.29, 1.82) is 0 Å². The number of aromatic nitrogens is 5. The fourth-order valence-corrected chi connectivity index (χ4v) is 4.31. The van der Waals surface area contributed by atoms with E-state index in [4.69, 9.17) is 4.74 Å². The molecule has 3 aromatic rings. The van der Waals surface area contributed by atoms with E-state index in [-0.39, 0.29) is 18.1 Å². The van der Waals surface area contributed by atoms with Gasteiger partial charge in [-0.05, 0) is 61.3 Å². The highest BCUT2D eigenvalue weighted by Gasteiger charge is 2.16. The zero-order chi connectivity index (χ0) is 24.5. The van der Waals surface area contributed by atoms with Gasteiger partial charge in [0.15, 0.2) is 5.69 Å². The molecule has 1 aliphatic rings. The molecule has 0 atom stereocenters. The van der Waals surface area contributed by atoms with Crippen LogP contribution >= 0.6 is 0 Å². The number of nitrogens with zero attached hydrogens (tertiary/aromatic N) is 5. The van der Waals surface area contributed by atoms with Crippen LogP contribution in [0.2, 0.25) is 0 Å². The van der Waals surface area contributed by atoms with E-state index < -0.39 is 0 Å². The first-order chi connectivity index (χ1) is 17.1. The van der Waals surface area contributed by atoms with Crippen LogP contribution in [0.15, 0.2) is 42.6 Å². The molecule has 35 heavy (non-hydrogen) atoms. The number of Topliss-reactive ketones (excluding diaryl/α,β-unsaturated/α-hetero) is 1. The number of unbranched alkanes of at least 4 members (excludes halogenated alkanes) is 1. The highest BCUT2D eigenvalue weighted by molar-refractivity contribution is 5.91. The van der Waals surface area contributed by atoms with Gasteiger partial charge in [-0.3, -0.25) is 14.3 Å². The van der Waals surface area contributed by atoms with Crippen LogP contribution in [-0.4, -0.2) is 57.1 Å². The number of amides is 1. The quantitative estimate of drug-likeness (QED) is 0.424. The highest BCUT2D eigenvalue weighted by Crippen LogP contribution is 2.27. The monoisotopic (exact) mass is 476 g/mol. The van der Waals surface area contributed by atoms with Gasteiger partial charge in [0.25, 0.3) is 5.91 Å². The van der Waals surface area contributed by atoms with Crippen molar-refractivity contribution in [3.05, 3.63) is 70.8 Å². The van der Waals surface area contributed by atoms with Crippen LogP contribution in [0, 0.1) is 0 Å². The first kappa shape index (κ1) is 24.7. The molecule has 0 aliphatic carbocycles. The Morgan fingerprint density at radius 3 is 2.60 bits per heavy atom. The third-order valence-corrected chi connectivity index (χ3v) is 6.27. The summed E-state index contributed by atoms with van der Waals surface area (Å²) in [6, 6.07) is 12.2. The average Bonchev–Trinajstić information content (AvgIpc) is 3.37. The fraction of sp³-hybridized carbons (Fsp3) is 0.462. The lowest BCUT2D eigenvalue weighted by Gasteiger charge is -2.22. The van der Waals surface area contributed by atoms with E-state index in [2.05, 4.69) is 38.0 Å². The van der Waals surface area contributed by atoms with Crippen molar-refractivity contribution < 1.29 is 14.3 Å². The second-order valence-corrected chi connectivity index (χ2v) is 8.94. The van der Waals surface area contributed by atoms with Crippen molar-refractivity contribution >= 4 is 11.7 Å². The Bertz CT molecular complexity index is 1120. The second kappa shape index (κ2) is 12.3. The molecule has 1 fully saturated rings. The van der Waals surface area contributed by atoms with Crippen LogP contribution in [0.5, 0.6) is 0 Å². The van der Waals surface area contributed by atoms with Crippen molar-refractivity contribution in [3.8, 4) is 0 Å². The Balaban J connectivity index is 1.20. The van der Waals surface area contributed by atoms with Gasteiger partial charge in [0.05, 0.1) is 24.0 Å². The lowest BCUT2D eigenvalue weighted by Crippen LogP contribution is -2.18. The van der Waals surface area contributed by atoms with Crippen molar-refractivity contribution in [2.75, 3.05) is 20.3 Å². The van der Waals surface area contributed by atoms with Crippen LogP contribution in [0.25, 0.3) is 0 Å². The number of carbonyl (C=O) groups is 2. The second-order valence-electron chi connectivity index (χ2n) is 8.94. The molecule has 3 heterocycles. The standard InChI is InChI=1S/C26H32N6O3/c1-27-26(34)25-18-32(31-30-25)12-3-2-7-22-8-9-23(29-28-22)17-24(33)16-19-5-4-6-21(15-19)20-10-13-35-14-11-20/h4-6,8-9,15,18,20H,2-3,7,10-14,16-17H2,1H3,(H,27,34). The first-order valence-corrected chi connectivity index (χ1v) is 12.2. The molecule has 0 saturated carbocycles. The number of ether oxygens (including phenoxy) is 1. The Hall–Kier alpha value is -3.46. The largest absolute Gasteiger partial charge is 0.381 e. The minimum atomic E-state index is -0.242. The molecule has 184 valence electrons. The Kier molecular flexibility index (Phi) is 8.67. The number of benzene rings is 1. The summed E-state index contributed by atoms with van der Waals surface area (Å²) >= 11 is 0. The van der Waals surface area contributed by atoms with E-state index in [9.17, 15) is 9.59 Å². The number of ketones is 1. The minimum Gasteiger partial charge on any atom is -0.381 e. The van der Waals surface area contributed by atoms with Crippen LogP contribution in [0.4, 0.5) is 0 Å². The van der Waals surface area contributed by atoms with Gasteiger partial charge in [-0.15, -0.1) is 5.10 Å². The lowest BCUT2D eigenvalue weighted by atomic mass is 9.90. The molecule has 4 rings (SSSR count). The third-order valence-electron chi connectivity index (χ3n) is 6.27. The molecule has 9 heteroatoms. The van der Waals surface area contributed by atoms with Crippen molar-refractivity contribution in [3.63, 3.8) is 0 Å². The zero-order valence-corrected chi connectivity index (χ0v) is 20.2. The van der Waals surface area contributed by atoms with E-state index >= 15 is 0 Å². The minimum absolute atomic E-state index is 0.139. The average molecular weight is 477 g/mol. The molecule has 2 aromatic heterocycles. The fourth-order valence-electron chi connectivity index (χ4n) is 4.31. The van der Waals surface area contributed by atoms with E-state index in [0.29, 0.717) is 30.3 Å². The van der Waals surface area contributed by atoms with Gasteiger partial charge >= 0.3 is 0 Å². The predicted octanol–water partition coefficient (Wildman–Crippen LogP) is 2.70. The summed E-state index contributed by atoms with van der Waals surface area (Å²) < 4.78 is 7.13. The van der Waals surface area contributed by atoms with Gasteiger partial charge in [0, 0.05) is 33.2 Å². The van der Waals surface area contributed by atoms with Crippen LogP contribution < -0.4 is 5.32 Å². The summed E-state index contributed by atoms with van der Waals surface area (Å²) in [5.41, 5.74) is 4.27. The van der Waals surface area contributed by atoms with E-state index in [0.717, 1.165) is 56.6 Å². The van der Waals surface area contributed by atoms with Crippen LogP contribution in [0.1, 0.15) is 64.6 Å². The predicted molar refractivity (Wildman–Crippen MR) is 130 cm³/mol. The topological polar surface area (TPSA) is 112 Å². The first-order valence-electron chi connectivity index (χ1n) is 12.2. The van der Waals surface area contributed by atoms with E-state index in [1.54, 1.807) is 17.9 Å². The Labute approximate surface area is 205 Å². The van der Waals surface area contributed by atoms with Crippen molar-refractivity contribution in [1.82, 2.24) is 30.5 Å². The molecule has 0 radical (unpaired) electrons. The molecule has 0 bridgehead atoms. The number of hydrogen-bond acceptors (Lipinski definition) is 7. The number of nitrogens with one attached hydrogen (secondary N) is 1. The molecule has 9 nitrogen and oxygen atoms in total. The molecule has 1 N–H and O–H groups in total. The molecule has 0 unspecified atom stereocenters. The molecule has 1 aromatic carbocycles. The maximum Gasteiger partial charge on any atom is 0.273 e. The summed E-state index contributed by atoms with van der Waals surface area (Å²) in [6.45, 7) is 2.30. The normalized spacial score (nSPS) is 14.1. The molecule has 1 aliphatic heterocycles. The van der Waals surface area contributed by atoms with Gasteiger partial charge in [-0.1, -0.05) is 29.5 Å². The summed E-state index contributed by atoms with van der Waals surface area (Å²) in [7, 11) is 1.57. The SMILES string of the molecule is CNC(=O)c1cn(CCCCc2ccc(CC(=O)Cc3cccc(C4CCOCC4)c3)nn2)nn1. The summed E-state index contributed by atoms with van der Waals surface area (Å²) in [5.74, 6) is 0.419. The maximum absolute atomic E-state index is 12.6. The zero-order valence-electron chi connectivity index (χ0n) is 20.2. The maximum atomic E-state index is 12.6. The Morgan fingerprint density at radius 2 is 1.83 bits per heavy atom. The molecule has 0 spiro atoms. The van der Waals surface area contributed by atoms with Crippen LogP contribution in [-0.2, 0) is 35.3 Å². The summed E-state index contributed by atoms with van der Waals surface area (Å²) in [4.78, 5) is 24.2. The van der Waals surface area contributed by atoms with Gasteiger partial charge < -0.3 is 10.1 Å². The highest BCUT2D eigenvalue weighted by atomic mass is 16.5. The van der Waals surface area contributed by atoms with Gasteiger partial charge in [-0.25, -0.2) is 0 Å². The lowest BCUT2D eigenvalue weighted by molar-refractivity contribution is -0.117. The van der Waals surface area contributed by atoms with Crippen molar-refractivity contribution in [2.45, 2.75) is 57.4 Å². The van der Waals surface area contributed by atoms with E-state index in [1.807, 2.05) is 24.3 Å². The number of aryl methyl sites for hydroxylation is 2. The van der Waals surface area contributed by atoms with Gasteiger partial charge in [-0.2, -0.15) is 10.2 Å². The third kappa shape index (κ3) is 7.26. The Morgan fingerprint density at radius 1 is 1.03 bits per heavy atom. The number of carbonyl (C=O) groups excluding carboxylic acids is 2. The van der Waals surface area contributed by atoms with Gasteiger partial charge in [0.2, 0.25) is 0 Å². The van der Waals surface area contributed by atoms with Crippen LogP contribution in [0.3, 0.4) is 0 Å². The summed E-state index contributed by atoms with van der Waals surface area (Å²) in [5, 5.41) is 18.9. The van der Waals surface area contributed by atoms with Gasteiger partial charge in [0.1, 0.15) is 5.78 Å². The number of hydrogen-bond donors (Lipinski definition) is 1. The van der Waals surface area contributed by atoms with E-state index in [1.165, 1.54) is 5.56 Å². The molecule has 1 amide bonds. The van der Waals surface area contributed by atoms with Crippen molar-refractivity contribution in [2.24, 2.45) is 0 Å². The summed E-state index contributed by atoms with van der Waals surface area (Å²) in [6.07, 6.45) is 7.00.